The number of aryl methyl sites for hydroxylation is 1. The Morgan fingerprint density at radius 1 is 0.969 bits per heavy atom. The summed E-state index contributed by atoms with van der Waals surface area (Å²) in [4.78, 5) is 15.2. The molecule has 1 aliphatic rings. The monoisotopic (exact) mass is 450 g/mol. The molecule has 1 aliphatic heterocycles. The first-order chi connectivity index (χ1) is 15.7. The lowest BCUT2D eigenvalue weighted by atomic mass is 10.0. The number of carbonyl (C=O) groups is 1. The number of nitrogens with one attached hydrogen (secondary N) is 1. The van der Waals surface area contributed by atoms with Gasteiger partial charge in [0.1, 0.15) is 11.5 Å². The lowest BCUT2D eigenvalue weighted by molar-refractivity contribution is -0.118. The van der Waals surface area contributed by atoms with Crippen LogP contribution in [0.5, 0.6) is 0 Å². The molecular weight excluding hydrogens is 420 g/mol. The first kappa shape index (κ1) is 22.6. The minimum atomic E-state index is 0.0144. The van der Waals surface area contributed by atoms with Gasteiger partial charge >= 0.3 is 0 Å². The molecule has 0 bridgehead atoms. The van der Waals surface area contributed by atoms with Crippen LogP contribution in [0.15, 0.2) is 77.2 Å². The molecule has 0 spiro atoms. The van der Waals surface area contributed by atoms with Gasteiger partial charge < -0.3 is 14.5 Å². The van der Waals surface area contributed by atoms with Gasteiger partial charge in [0.2, 0.25) is 5.91 Å². The molecule has 1 amide bonds. The fourth-order valence-electron chi connectivity index (χ4n) is 3.99. The summed E-state index contributed by atoms with van der Waals surface area (Å²) in [5.41, 5.74) is 2.41. The van der Waals surface area contributed by atoms with E-state index in [1.54, 1.807) is 11.8 Å². The molecule has 168 valence electrons. The van der Waals surface area contributed by atoms with Gasteiger partial charge in [0.15, 0.2) is 0 Å². The van der Waals surface area contributed by atoms with Gasteiger partial charge in [-0.2, -0.15) is 0 Å². The van der Waals surface area contributed by atoms with Crippen LogP contribution in [-0.2, 0) is 9.53 Å². The molecule has 1 atom stereocenters. The Balaban J connectivity index is 1.39. The molecule has 2 heterocycles. The Hall–Kier alpha value is -2.54. The minimum Gasteiger partial charge on any atom is -0.465 e. The maximum absolute atomic E-state index is 12.8. The lowest BCUT2D eigenvalue weighted by Gasteiger charge is -2.33. The third-order valence-electron chi connectivity index (χ3n) is 5.65. The zero-order valence-electron chi connectivity index (χ0n) is 18.4. The Kier molecular flexibility index (Phi) is 8.04. The van der Waals surface area contributed by atoms with E-state index in [0.29, 0.717) is 25.5 Å². The number of benzene rings is 2. The first-order valence-electron chi connectivity index (χ1n) is 11.1. The van der Waals surface area contributed by atoms with Crippen LogP contribution in [-0.4, -0.2) is 49.4 Å². The van der Waals surface area contributed by atoms with Crippen LogP contribution in [0.1, 0.15) is 33.9 Å². The van der Waals surface area contributed by atoms with Crippen molar-refractivity contribution in [3.8, 4) is 0 Å². The highest BCUT2D eigenvalue weighted by atomic mass is 32.2. The van der Waals surface area contributed by atoms with Crippen LogP contribution in [0.25, 0.3) is 0 Å². The Bertz CT molecular complexity index is 932. The molecule has 2 aromatic carbocycles. The zero-order chi connectivity index (χ0) is 22.2. The molecular formula is C26H30N2O3S. The highest BCUT2D eigenvalue weighted by Crippen LogP contribution is 2.35. The fraction of sp³-hybridized carbons (Fsp3) is 0.346. The van der Waals surface area contributed by atoms with Gasteiger partial charge in [0.25, 0.3) is 0 Å². The zero-order valence-corrected chi connectivity index (χ0v) is 19.2. The van der Waals surface area contributed by atoms with Crippen LogP contribution < -0.4 is 5.32 Å². The van der Waals surface area contributed by atoms with Crippen LogP contribution in [0.4, 0.5) is 0 Å². The van der Waals surface area contributed by atoms with E-state index < -0.39 is 0 Å². The van der Waals surface area contributed by atoms with Crippen molar-refractivity contribution in [3.05, 3.63) is 95.4 Å². The van der Waals surface area contributed by atoms with Crippen LogP contribution >= 0.6 is 11.8 Å². The van der Waals surface area contributed by atoms with E-state index in [0.717, 1.165) is 24.6 Å². The predicted octanol–water partition coefficient (Wildman–Crippen LogP) is 4.60. The second-order valence-electron chi connectivity index (χ2n) is 7.93. The maximum Gasteiger partial charge on any atom is 0.230 e. The van der Waals surface area contributed by atoms with Gasteiger partial charge in [0, 0.05) is 19.6 Å². The Morgan fingerprint density at radius 3 is 2.16 bits per heavy atom. The Labute approximate surface area is 194 Å². The normalized spacial score (nSPS) is 15.6. The number of morpholine rings is 1. The average Bonchev–Trinajstić information content (AvgIpc) is 3.27. The van der Waals surface area contributed by atoms with Gasteiger partial charge in [-0.3, -0.25) is 9.69 Å². The van der Waals surface area contributed by atoms with Crippen LogP contribution in [0, 0.1) is 6.92 Å². The van der Waals surface area contributed by atoms with Gasteiger partial charge in [-0.15, -0.1) is 11.8 Å². The van der Waals surface area contributed by atoms with Crippen molar-refractivity contribution in [3.63, 3.8) is 0 Å². The number of amides is 1. The molecule has 1 saturated heterocycles. The number of furan rings is 1. The molecule has 0 radical (unpaired) electrons. The van der Waals surface area contributed by atoms with E-state index in [1.807, 2.05) is 55.5 Å². The molecule has 1 aromatic heterocycles. The van der Waals surface area contributed by atoms with Crippen molar-refractivity contribution in [2.45, 2.75) is 18.2 Å². The smallest absolute Gasteiger partial charge is 0.230 e. The number of carbonyl (C=O) groups excluding carboxylic acids is 1. The summed E-state index contributed by atoms with van der Waals surface area (Å²) in [6.45, 7) is 5.54. The van der Waals surface area contributed by atoms with Crippen LogP contribution in [0.2, 0.25) is 0 Å². The number of nitrogens with zero attached hydrogens (tertiary/aromatic N) is 1. The summed E-state index contributed by atoms with van der Waals surface area (Å²) in [6, 6.07) is 24.7. The van der Waals surface area contributed by atoms with E-state index in [9.17, 15) is 4.79 Å². The van der Waals surface area contributed by atoms with E-state index in [4.69, 9.17) is 9.15 Å². The van der Waals surface area contributed by atoms with Gasteiger partial charge in [0.05, 0.1) is 30.3 Å². The summed E-state index contributed by atoms with van der Waals surface area (Å²) in [5, 5.41) is 3.26. The topological polar surface area (TPSA) is 54.7 Å². The van der Waals surface area contributed by atoms with E-state index in [1.165, 1.54) is 11.1 Å². The molecule has 0 aliphatic carbocycles. The number of ether oxygens (including phenoxy) is 1. The van der Waals surface area contributed by atoms with Crippen molar-refractivity contribution in [2.24, 2.45) is 0 Å². The van der Waals surface area contributed by atoms with Gasteiger partial charge in [-0.05, 0) is 30.2 Å². The number of thioether (sulfide) groups is 1. The summed E-state index contributed by atoms with van der Waals surface area (Å²) in [5.74, 6) is 2.20. The number of hydrogen-bond acceptors (Lipinski definition) is 5. The lowest BCUT2D eigenvalue weighted by Crippen LogP contribution is -2.44. The molecule has 3 aromatic rings. The third kappa shape index (κ3) is 6.03. The van der Waals surface area contributed by atoms with Crippen molar-refractivity contribution in [2.75, 3.05) is 38.6 Å². The maximum atomic E-state index is 12.8. The molecule has 4 rings (SSSR count). The molecule has 5 nitrogen and oxygen atoms in total. The van der Waals surface area contributed by atoms with Gasteiger partial charge in [-0.25, -0.2) is 0 Å². The molecule has 1 N–H and O–H groups in total. The Morgan fingerprint density at radius 2 is 1.59 bits per heavy atom. The number of rotatable bonds is 9. The first-order valence-corrected chi connectivity index (χ1v) is 12.1. The molecule has 32 heavy (non-hydrogen) atoms. The second kappa shape index (κ2) is 11.4. The average molecular weight is 451 g/mol. The number of hydrogen-bond donors (Lipinski definition) is 1. The highest BCUT2D eigenvalue weighted by Gasteiger charge is 2.26. The summed E-state index contributed by atoms with van der Waals surface area (Å²) in [7, 11) is 0. The second-order valence-corrected chi connectivity index (χ2v) is 9.02. The largest absolute Gasteiger partial charge is 0.465 e. The highest BCUT2D eigenvalue weighted by molar-refractivity contribution is 8.00. The third-order valence-corrected chi connectivity index (χ3v) is 6.96. The van der Waals surface area contributed by atoms with E-state index in [-0.39, 0.29) is 17.2 Å². The summed E-state index contributed by atoms with van der Waals surface area (Å²) in [6.07, 6.45) is 0. The quantitative estimate of drug-likeness (QED) is 0.516. The van der Waals surface area contributed by atoms with Crippen LogP contribution in [0.3, 0.4) is 0 Å². The van der Waals surface area contributed by atoms with Gasteiger partial charge in [-0.1, -0.05) is 60.7 Å². The standard InChI is InChI=1S/C26H30N2O3S/c1-20-12-13-24(31-20)23(28-14-16-30-17-15-28)18-27-25(29)19-32-26(21-8-4-2-5-9-21)22-10-6-3-7-11-22/h2-13,23,26H,14-19H2,1H3,(H,27,29). The molecule has 6 heteroatoms. The van der Waals surface area contributed by atoms with Crippen molar-refractivity contribution >= 4 is 17.7 Å². The van der Waals surface area contributed by atoms with E-state index in [2.05, 4.69) is 34.5 Å². The molecule has 0 saturated carbocycles. The van der Waals surface area contributed by atoms with E-state index >= 15 is 0 Å². The fourth-order valence-corrected chi connectivity index (χ4v) is 5.11. The minimum absolute atomic E-state index is 0.0144. The molecule has 1 fully saturated rings. The summed E-state index contributed by atoms with van der Waals surface area (Å²) < 4.78 is 11.4. The van der Waals surface area contributed by atoms with Crippen molar-refractivity contribution in [1.82, 2.24) is 10.2 Å². The SMILES string of the molecule is Cc1ccc(C(CNC(=O)CSC(c2ccccc2)c2ccccc2)N2CCOCC2)o1. The van der Waals surface area contributed by atoms with Crippen molar-refractivity contribution in [1.29, 1.82) is 0 Å². The molecule has 1 unspecified atom stereocenters. The predicted molar refractivity (Wildman–Crippen MR) is 129 cm³/mol. The van der Waals surface area contributed by atoms with Crippen molar-refractivity contribution < 1.29 is 13.9 Å². The summed E-state index contributed by atoms with van der Waals surface area (Å²) >= 11 is 1.65.